The lowest BCUT2D eigenvalue weighted by Gasteiger charge is -2.25. The predicted molar refractivity (Wildman–Crippen MR) is 67.4 cm³/mol. The highest BCUT2D eigenvalue weighted by atomic mass is 16.7. The second-order valence-corrected chi connectivity index (χ2v) is 4.46. The SMILES string of the molecule is O=C(Cn1c(=O)oc2ccccc21)N1CCCCO1. The number of benzene rings is 1. The Hall–Kier alpha value is -2.08. The van der Waals surface area contributed by atoms with Crippen molar-refractivity contribution in [1.82, 2.24) is 9.63 Å². The van der Waals surface area contributed by atoms with Gasteiger partial charge in [0.25, 0.3) is 5.91 Å². The number of aromatic nitrogens is 1. The summed E-state index contributed by atoms with van der Waals surface area (Å²) in [6, 6.07) is 7.04. The van der Waals surface area contributed by atoms with Crippen LogP contribution in [-0.4, -0.2) is 28.7 Å². The van der Waals surface area contributed by atoms with Gasteiger partial charge in [-0.15, -0.1) is 0 Å². The van der Waals surface area contributed by atoms with Crippen molar-refractivity contribution in [3.63, 3.8) is 0 Å². The van der Waals surface area contributed by atoms with Gasteiger partial charge >= 0.3 is 5.76 Å². The number of amides is 1. The smallest absolute Gasteiger partial charge is 0.408 e. The standard InChI is InChI=1S/C13H14N2O4/c16-12(15-7-3-4-8-18-15)9-14-10-5-1-2-6-11(10)19-13(14)17/h1-2,5-6H,3-4,7-9H2. The molecule has 6 nitrogen and oxygen atoms in total. The number of rotatable bonds is 2. The average molecular weight is 262 g/mol. The quantitative estimate of drug-likeness (QED) is 0.814. The molecule has 1 saturated heterocycles. The van der Waals surface area contributed by atoms with Gasteiger partial charge in [-0.2, -0.15) is 0 Å². The molecule has 0 N–H and O–H groups in total. The Morgan fingerprint density at radius 1 is 1.26 bits per heavy atom. The first-order valence-electron chi connectivity index (χ1n) is 6.27. The second kappa shape index (κ2) is 4.89. The van der Waals surface area contributed by atoms with Gasteiger partial charge in [0.15, 0.2) is 5.58 Å². The van der Waals surface area contributed by atoms with Crippen molar-refractivity contribution in [3.05, 3.63) is 34.8 Å². The van der Waals surface area contributed by atoms with E-state index in [1.54, 1.807) is 24.3 Å². The van der Waals surface area contributed by atoms with E-state index in [1.807, 2.05) is 0 Å². The molecule has 0 atom stereocenters. The molecule has 1 aliphatic rings. The Bertz CT molecular complexity index is 652. The summed E-state index contributed by atoms with van der Waals surface area (Å²) in [5, 5.41) is 1.33. The number of oxazole rings is 1. The summed E-state index contributed by atoms with van der Waals surface area (Å²) in [6.07, 6.45) is 1.88. The molecule has 1 aliphatic heterocycles. The molecule has 0 radical (unpaired) electrons. The van der Waals surface area contributed by atoms with Gasteiger partial charge in [0.1, 0.15) is 6.54 Å². The summed E-state index contributed by atoms with van der Waals surface area (Å²) >= 11 is 0. The molecule has 19 heavy (non-hydrogen) atoms. The van der Waals surface area contributed by atoms with Crippen LogP contribution in [0.3, 0.4) is 0 Å². The predicted octanol–water partition coefficient (Wildman–Crippen LogP) is 1.15. The maximum atomic E-state index is 12.1. The number of hydroxylamine groups is 2. The van der Waals surface area contributed by atoms with Gasteiger partial charge in [-0.25, -0.2) is 9.86 Å². The summed E-state index contributed by atoms with van der Waals surface area (Å²) in [5.41, 5.74) is 1.11. The zero-order valence-electron chi connectivity index (χ0n) is 10.4. The first-order valence-corrected chi connectivity index (χ1v) is 6.27. The van der Waals surface area contributed by atoms with Crippen LogP contribution in [0, 0.1) is 0 Å². The monoisotopic (exact) mass is 262 g/mol. The number of carbonyl (C=O) groups excluding carboxylic acids is 1. The Morgan fingerprint density at radius 2 is 2.11 bits per heavy atom. The summed E-state index contributed by atoms with van der Waals surface area (Å²) in [6.45, 7) is 1.06. The second-order valence-electron chi connectivity index (χ2n) is 4.46. The molecule has 1 aromatic carbocycles. The average Bonchev–Trinajstić information content (AvgIpc) is 2.76. The minimum absolute atomic E-state index is 0.0597. The number of nitrogens with zero attached hydrogens (tertiary/aromatic N) is 2. The van der Waals surface area contributed by atoms with Crippen LogP contribution in [0.2, 0.25) is 0 Å². The first-order chi connectivity index (χ1) is 9.25. The summed E-state index contributed by atoms with van der Waals surface area (Å²) < 4.78 is 6.41. The highest BCUT2D eigenvalue weighted by Crippen LogP contribution is 2.13. The van der Waals surface area contributed by atoms with Crippen molar-refractivity contribution in [2.75, 3.05) is 13.2 Å². The molecular weight excluding hydrogens is 248 g/mol. The summed E-state index contributed by atoms with van der Waals surface area (Å²) in [4.78, 5) is 29.1. The molecule has 2 aromatic rings. The van der Waals surface area contributed by atoms with Gasteiger partial charge < -0.3 is 4.42 Å². The molecule has 0 aliphatic carbocycles. The largest absolute Gasteiger partial charge is 0.420 e. The summed E-state index contributed by atoms with van der Waals surface area (Å²) in [5.74, 6) is -0.750. The molecule has 0 saturated carbocycles. The van der Waals surface area contributed by atoms with Crippen LogP contribution in [0.15, 0.2) is 33.5 Å². The maximum absolute atomic E-state index is 12.1. The van der Waals surface area contributed by atoms with Gasteiger partial charge in [-0.05, 0) is 25.0 Å². The normalized spacial score (nSPS) is 15.9. The Balaban J connectivity index is 1.86. The van der Waals surface area contributed by atoms with E-state index < -0.39 is 5.76 Å². The van der Waals surface area contributed by atoms with E-state index >= 15 is 0 Å². The molecule has 0 spiro atoms. The fraction of sp³-hybridized carbons (Fsp3) is 0.385. The molecule has 0 bridgehead atoms. The van der Waals surface area contributed by atoms with Gasteiger partial charge in [0, 0.05) is 6.54 Å². The number of para-hydroxylation sites is 2. The number of fused-ring (bicyclic) bond motifs is 1. The zero-order valence-corrected chi connectivity index (χ0v) is 10.4. The van der Waals surface area contributed by atoms with Crippen LogP contribution in [0.4, 0.5) is 0 Å². The highest BCUT2D eigenvalue weighted by Gasteiger charge is 2.20. The minimum atomic E-state index is -0.522. The molecule has 3 rings (SSSR count). The van der Waals surface area contributed by atoms with E-state index in [0.29, 0.717) is 24.3 Å². The van der Waals surface area contributed by atoms with Crippen molar-refractivity contribution >= 4 is 17.0 Å². The van der Waals surface area contributed by atoms with Crippen molar-refractivity contribution in [3.8, 4) is 0 Å². The summed E-state index contributed by atoms with van der Waals surface area (Å²) in [7, 11) is 0. The van der Waals surface area contributed by atoms with Gasteiger partial charge in [-0.1, -0.05) is 12.1 Å². The molecular formula is C13H14N2O4. The van der Waals surface area contributed by atoms with Crippen molar-refractivity contribution < 1.29 is 14.0 Å². The van der Waals surface area contributed by atoms with E-state index in [2.05, 4.69) is 0 Å². The Labute approximate surface area is 109 Å². The maximum Gasteiger partial charge on any atom is 0.420 e. The zero-order chi connectivity index (χ0) is 13.2. The fourth-order valence-corrected chi connectivity index (χ4v) is 2.17. The van der Waals surface area contributed by atoms with Crippen LogP contribution in [0.25, 0.3) is 11.1 Å². The third-order valence-corrected chi connectivity index (χ3v) is 3.15. The fourth-order valence-electron chi connectivity index (χ4n) is 2.17. The van der Waals surface area contributed by atoms with Crippen molar-refractivity contribution in [2.24, 2.45) is 0 Å². The number of carbonyl (C=O) groups is 1. The van der Waals surface area contributed by atoms with Gasteiger partial charge in [0.05, 0.1) is 12.1 Å². The van der Waals surface area contributed by atoms with E-state index in [-0.39, 0.29) is 12.5 Å². The lowest BCUT2D eigenvalue weighted by Crippen LogP contribution is -2.39. The van der Waals surface area contributed by atoms with E-state index in [9.17, 15) is 9.59 Å². The van der Waals surface area contributed by atoms with Crippen LogP contribution >= 0.6 is 0 Å². The number of hydrogen-bond acceptors (Lipinski definition) is 4. The van der Waals surface area contributed by atoms with Crippen molar-refractivity contribution in [2.45, 2.75) is 19.4 Å². The van der Waals surface area contributed by atoms with Gasteiger partial charge in [0.2, 0.25) is 0 Å². The number of hydrogen-bond donors (Lipinski definition) is 0. The topological polar surface area (TPSA) is 64.7 Å². The molecule has 1 fully saturated rings. The van der Waals surface area contributed by atoms with Crippen LogP contribution in [0.5, 0.6) is 0 Å². The molecule has 2 heterocycles. The Kier molecular flexibility index (Phi) is 3.08. The van der Waals surface area contributed by atoms with Gasteiger partial charge in [-0.3, -0.25) is 14.2 Å². The first kappa shape index (κ1) is 12.0. The molecule has 6 heteroatoms. The molecule has 1 aromatic heterocycles. The van der Waals surface area contributed by atoms with E-state index in [4.69, 9.17) is 9.25 Å². The van der Waals surface area contributed by atoms with Crippen LogP contribution in [-0.2, 0) is 16.2 Å². The lowest BCUT2D eigenvalue weighted by molar-refractivity contribution is -0.197. The van der Waals surface area contributed by atoms with Crippen LogP contribution in [0.1, 0.15) is 12.8 Å². The molecule has 0 unspecified atom stereocenters. The van der Waals surface area contributed by atoms with Crippen molar-refractivity contribution in [1.29, 1.82) is 0 Å². The molecule has 100 valence electrons. The van der Waals surface area contributed by atoms with Crippen LogP contribution < -0.4 is 5.76 Å². The molecule has 1 amide bonds. The third kappa shape index (κ3) is 2.26. The lowest BCUT2D eigenvalue weighted by atomic mass is 10.3. The Morgan fingerprint density at radius 3 is 2.89 bits per heavy atom. The van der Waals surface area contributed by atoms with E-state index in [1.165, 1.54) is 9.63 Å². The third-order valence-electron chi connectivity index (χ3n) is 3.15. The van der Waals surface area contributed by atoms with E-state index in [0.717, 1.165) is 12.8 Å². The minimum Gasteiger partial charge on any atom is -0.408 e. The highest BCUT2D eigenvalue weighted by molar-refractivity contribution is 5.79.